The van der Waals surface area contributed by atoms with Gasteiger partial charge < -0.3 is 10.4 Å². The Morgan fingerprint density at radius 1 is 1.08 bits per heavy atom. The third kappa shape index (κ3) is 4.37. The van der Waals surface area contributed by atoms with Crippen LogP contribution < -0.4 is 5.32 Å². The van der Waals surface area contributed by atoms with Gasteiger partial charge in [0.1, 0.15) is 0 Å². The number of carbonyl (C=O) groups is 2. The molecule has 0 radical (unpaired) electrons. The van der Waals surface area contributed by atoms with Crippen molar-refractivity contribution in [1.29, 1.82) is 0 Å². The van der Waals surface area contributed by atoms with Crippen molar-refractivity contribution < 1.29 is 14.7 Å². The molecule has 4 unspecified atom stereocenters. The summed E-state index contributed by atoms with van der Waals surface area (Å²) in [6.45, 7) is 6.33. The molecule has 24 heavy (non-hydrogen) atoms. The Morgan fingerprint density at radius 2 is 1.62 bits per heavy atom. The monoisotopic (exact) mass is 331 g/mol. The van der Waals surface area contributed by atoms with Gasteiger partial charge in [-0.05, 0) is 43.2 Å². The van der Waals surface area contributed by atoms with Crippen LogP contribution >= 0.6 is 0 Å². The molecule has 0 bridgehead atoms. The highest BCUT2D eigenvalue weighted by molar-refractivity contribution is 5.85. The van der Waals surface area contributed by atoms with Gasteiger partial charge in [-0.2, -0.15) is 0 Å². The smallest absolute Gasteiger partial charge is 0.307 e. The van der Waals surface area contributed by atoms with E-state index in [2.05, 4.69) is 43.4 Å². The lowest BCUT2D eigenvalue weighted by atomic mass is 9.78. The quantitative estimate of drug-likeness (QED) is 0.818. The van der Waals surface area contributed by atoms with Crippen LogP contribution in [0.4, 0.5) is 0 Å². The molecule has 0 heterocycles. The molecule has 1 aliphatic rings. The SMILES string of the molecule is CCC(C)c1ccc(C(C)NC(=O)C2CCCCC2C(=O)O)cc1. The van der Waals surface area contributed by atoms with Gasteiger partial charge in [-0.25, -0.2) is 0 Å². The van der Waals surface area contributed by atoms with Crippen LogP contribution in [0.1, 0.15) is 76.0 Å². The fraction of sp³-hybridized carbons (Fsp3) is 0.600. The number of hydrogen-bond acceptors (Lipinski definition) is 2. The number of rotatable bonds is 6. The second kappa shape index (κ2) is 8.32. The zero-order valence-electron chi connectivity index (χ0n) is 14.9. The Balaban J connectivity index is 2.01. The largest absolute Gasteiger partial charge is 0.481 e. The molecule has 0 saturated heterocycles. The fourth-order valence-electron chi connectivity index (χ4n) is 3.49. The van der Waals surface area contributed by atoms with E-state index in [1.54, 1.807) is 0 Å². The molecule has 1 fully saturated rings. The van der Waals surface area contributed by atoms with E-state index in [1.165, 1.54) is 5.56 Å². The predicted octanol–water partition coefficient (Wildman–Crippen LogP) is 4.27. The molecule has 1 saturated carbocycles. The summed E-state index contributed by atoms with van der Waals surface area (Å²) in [4.78, 5) is 23.9. The normalized spacial score (nSPS) is 23.3. The van der Waals surface area contributed by atoms with Crippen LogP contribution in [0.2, 0.25) is 0 Å². The van der Waals surface area contributed by atoms with Crippen LogP contribution in [-0.4, -0.2) is 17.0 Å². The Morgan fingerprint density at radius 3 is 2.17 bits per heavy atom. The first kappa shape index (κ1) is 18.5. The summed E-state index contributed by atoms with van der Waals surface area (Å²) in [7, 11) is 0. The number of amides is 1. The topological polar surface area (TPSA) is 66.4 Å². The maximum atomic E-state index is 12.5. The third-order valence-electron chi connectivity index (χ3n) is 5.40. The van der Waals surface area contributed by atoms with E-state index in [-0.39, 0.29) is 11.9 Å². The molecule has 1 aromatic carbocycles. The van der Waals surface area contributed by atoms with E-state index in [9.17, 15) is 14.7 Å². The maximum absolute atomic E-state index is 12.5. The maximum Gasteiger partial charge on any atom is 0.307 e. The second-order valence-electron chi connectivity index (χ2n) is 7.04. The second-order valence-corrected chi connectivity index (χ2v) is 7.04. The molecule has 0 aromatic heterocycles. The van der Waals surface area contributed by atoms with Gasteiger partial charge >= 0.3 is 5.97 Å². The van der Waals surface area contributed by atoms with Gasteiger partial charge in [0.25, 0.3) is 0 Å². The van der Waals surface area contributed by atoms with Crippen LogP contribution in [0.3, 0.4) is 0 Å². The molecule has 2 rings (SSSR count). The van der Waals surface area contributed by atoms with Gasteiger partial charge in [0.15, 0.2) is 0 Å². The van der Waals surface area contributed by atoms with Gasteiger partial charge in [0.05, 0.1) is 17.9 Å². The first-order chi connectivity index (χ1) is 11.4. The molecule has 2 N–H and O–H groups in total. The number of nitrogens with one attached hydrogen (secondary N) is 1. The Labute approximate surface area is 144 Å². The molecule has 1 amide bonds. The summed E-state index contributed by atoms with van der Waals surface area (Å²) >= 11 is 0. The third-order valence-corrected chi connectivity index (χ3v) is 5.40. The average Bonchev–Trinajstić information content (AvgIpc) is 2.61. The first-order valence-corrected chi connectivity index (χ1v) is 9.07. The summed E-state index contributed by atoms with van der Waals surface area (Å²) in [5.41, 5.74) is 2.36. The van der Waals surface area contributed by atoms with E-state index in [4.69, 9.17) is 0 Å². The number of benzene rings is 1. The minimum atomic E-state index is -0.847. The van der Waals surface area contributed by atoms with E-state index < -0.39 is 17.8 Å². The standard InChI is InChI=1S/C20H29NO3/c1-4-13(2)15-9-11-16(12-10-15)14(3)21-19(22)17-7-5-6-8-18(17)20(23)24/h9-14,17-18H,4-8H2,1-3H3,(H,21,22)(H,23,24). The highest BCUT2D eigenvalue weighted by Gasteiger charge is 2.36. The zero-order chi connectivity index (χ0) is 17.7. The van der Waals surface area contributed by atoms with Gasteiger partial charge in [0, 0.05) is 0 Å². The lowest BCUT2D eigenvalue weighted by molar-refractivity contribution is -0.149. The van der Waals surface area contributed by atoms with Crippen molar-refractivity contribution in [3.63, 3.8) is 0 Å². The van der Waals surface area contributed by atoms with Crippen molar-refractivity contribution in [2.24, 2.45) is 11.8 Å². The summed E-state index contributed by atoms with van der Waals surface area (Å²) < 4.78 is 0. The van der Waals surface area contributed by atoms with E-state index in [0.29, 0.717) is 18.8 Å². The number of carboxylic acids is 1. The van der Waals surface area contributed by atoms with Crippen LogP contribution in [-0.2, 0) is 9.59 Å². The minimum absolute atomic E-state index is 0.111. The van der Waals surface area contributed by atoms with Crippen LogP contribution in [0.25, 0.3) is 0 Å². The van der Waals surface area contributed by atoms with Crippen molar-refractivity contribution in [2.45, 2.75) is 64.8 Å². The van der Waals surface area contributed by atoms with E-state index >= 15 is 0 Å². The summed E-state index contributed by atoms with van der Waals surface area (Å²) in [6, 6.07) is 8.24. The van der Waals surface area contributed by atoms with Crippen LogP contribution in [0, 0.1) is 11.8 Å². The van der Waals surface area contributed by atoms with Crippen molar-refractivity contribution in [3.8, 4) is 0 Å². The summed E-state index contributed by atoms with van der Waals surface area (Å²) in [6.07, 6.45) is 4.20. The molecular weight excluding hydrogens is 302 g/mol. The number of carboxylic acid groups (broad SMARTS) is 1. The average molecular weight is 331 g/mol. The zero-order valence-corrected chi connectivity index (χ0v) is 14.9. The van der Waals surface area contributed by atoms with E-state index in [0.717, 1.165) is 24.8 Å². The Kier molecular flexibility index (Phi) is 6.41. The van der Waals surface area contributed by atoms with Gasteiger partial charge in [-0.1, -0.05) is 51.0 Å². The molecule has 0 spiro atoms. The minimum Gasteiger partial charge on any atom is -0.481 e. The molecule has 132 valence electrons. The first-order valence-electron chi connectivity index (χ1n) is 9.07. The molecule has 4 atom stereocenters. The highest BCUT2D eigenvalue weighted by atomic mass is 16.4. The van der Waals surface area contributed by atoms with Crippen LogP contribution in [0.5, 0.6) is 0 Å². The lowest BCUT2D eigenvalue weighted by Gasteiger charge is -2.28. The highest BCUT2D eigenvalue weighted by Crippen LogP contribution is 2.31. The van der Waals surface area contributed by atoms with Crippen molar-refractivity contribution in [2.75, 3.05) is 0 Å². The number of aliphatic carboxylic acids is 1. The summed E-state index contributed by atoms with van der Waals surface area (Å²) in [5.74, 6) is -1.39. The van der Waals surface area contributed by atoms with Crippen LogP contribution in [0.15, 0.2) is 24.3 Å². The van der Waals surface area contributed by atoms with E-state index in [1.807, 2.05) is 6.92 Å². The summed E-state index contributed by atoms with van der Waals surface area (Å²) in [5, 5.41) is 12.3. The Hall–Kier alpha value is -1.84. The predicted molar refractivity (Wildman–Crippen MR) is 94.8 cm³/mol. The van der Waals surface area contributed by atoms with Gasteiger partial charge in [-0.3, -0.25) is 9.59 Å². The molecule has 0 aliphatic heterocycles. The van der Waals surface area contributed by atoms with Crippen molar-refractivity contribution >= 4 is 11.9 Å². The van der Waals surface area contributed by atoms with Crippen molar-refractivity contribution in [3.05, 3.63) is 35.4 Å². The fourth-order valence-corrected chi connectivity index (χ4v) is 3.49. The Bertz CT molecular complexity index is 567. The molecule has 1 aliphatic carbocycles. The molecular formula is C20H29NO3. The van der Waals surface area contributed by atoms with Crippen molar-refractivity contribution in [1.82, 2.24) is 5.32 Å². The van der Waals surface area contributed by atoms with Gasteiger partial charge in [-0.15, -0.1) is 0 Å². The van der Waals surface area contributed by atoms with Gasteiger partial charge in [0.2, 0.25) is 5.91 Å². The lowest BCUT2D eigenvalue weighted by Crippen LogP contribution is -2.40. The molecule has 1 aromatic rings. The molecule has 4 heteroatoms. The number of carbonyl (C=O) groups excluding carboxylic acids is 1. The molecule has 4 nitrogen and oxygen atoms in total. The number of hydrogen-bond donors (Lipinski definition) is 2.